The molecule has 0 saturated heterocycles. The Hall–Kier alpha value is -2.59. The van der Waals surface area contributed by atoms with Crippen molar-refractivity contribution in [2.45, 2.75) is 25.2 Å². The van der Waals surface area contributed by atoms with Crippen molar-refractivity contribution in [2.24, 2.45) is 0 Å². The van der Waals surface area contributed by atoms with Crippen molar-refractivity contribution in [2.75, 3.05) is 18.5 Å². The van der Waals surface area contributed by atoms with Crippen molar-refractivity contribution in [1.29, 1.82) is 0 Å². The number of benzene rings is 2. The van der Waals surface area contributed by atoms with Crippen LogP contribution in [0.1, 0.15) is 49.7 Å². The van der Waals surface area contributed by atoms with Gasteiger partial charge in [0.15, 0.2) is 34.5 Å². The van der Waals surface area contributed by atoms with E-state index >= 15 is 0 Å². The van der Waals surface area contributed by atoms with Crippen LogP contribution in [-0.4, -0.2) is 25.1 Å². The molecule has 1 N–H and O–H groups in total. The number of carbonyl (C=O) groups excluding carboxylic acids is 2. The molecule has 0 spiro atoms. The number of anilines is 1. The van der Waals surface area contributed by atoms with E-state index in [-0.39, 0.29) is 11.8 Å². The van der Waals surface area contributed by atoms with Crippen LogP contribution in [0.15, 0.2) is 47.8 Å². The number of hydrogen-bond donors (Lipinski definition) is 1. The number of aryl methyl sites for hydroxylation is 1. The van der Waals surface area contributed by atoms with Crippen molar-refractivity contribution in [3.8, 4) is 11.5 Å². The van der Waals surface area contributed by atoms with Crippen LogP contribution in [0.4, 0.5) is 5.00 Å². The average molecular weight is 561 g/mol. The molecule has 1 unspecified atom stereocenters. The predicted molar refractivity (Wildman–Crippen MR) is 130 cm³/mol. The quantitative estimate of drug-likeness (QED) is 0.423. The summed E-state index contributed by atoms with van der Waals surface area (Å²) in [7, 11) is 0. The molecular formula is C24H20INO5S. The van der Waals surface area contributed by atoms with Gasteiger partial charge >= 0.3 is 5.97 Å². The number of carbonyl (C=O) groups is 2. The van der Waals surface area contributed by atoms with Crippen LogP contribution >= 0.6 is 34.3 Å². The van der Waals surface area contributed by atoms with Crippen LogP contribution in [-0.2, 0) is 15.9 Å². The van der Waals surface area contributed by atoms with Crippen molar-refractivity contribution in [3.63, 3.8) is 0 Å². The number of thiophene rings is 1. The van der Waals surface area contributed by atoms with E-state index in [4.69, 9.17) is 12.5 Å². The number of fused-ring (bicyclic) bond motifs is 2. The van der Waals surface area contributed by atoms with Gasteiger partial charge < -0.3 is 17.9 Å². The first-order valence-corrected chi connectivity index (χ1v) is 12.1. The number of ether oxygens (including phenoxy) is 2. The first kappa shape index (κ1) is 21.3. The summed E-state index contributed by atoms with van der Waals surface area (Å²) in [5.74, 6) is 0.609. The van der Waals surface area contributed by atoms with E-state index in [9.17, 15) is 9.59 Å². The average Bonchev–Trinajstić information content (AvgIpc) is 3.26. The first-order valence-electron chi connectivity index (χ1n) is 10.4. The van der Waals surface area contributed by atoms with E-state index in [1.807, 2.05) is 11.4 Å². The third-order valence-electron chi connectivity index (χ3n) is 5.91. The number of hydrogen-bond acceptors (Lipinski definition) is 6. The van der Waals surface area contributed by atoms with E-state index in [0.29, 0.717) is 40.8 Å². The Balaban J connectivity index is 1.42. The SMILES string of the molecule is O=C(Nc1scc(C2CCc3ccccc3C2)c1C(=O)OI)c1ccc2c(c1)OCCO2. The standard InChI is InChI=1S/C24H20INO5S/c25-31-24(28)21-18(16-6-5-14-3-1-2-4-15(14)11-16)13-32-23(21)26-22(27)17-7-8-19-20(12-17)30-10-9-29-19/h1-4,7-8,12-13,16H,5-6,9-11H2,(H,26,27). The fraction of sp³-hybridized carbons (Fsp3) is 0.250. The summed E-state index contributed by atoms with van der Waals surface area (Å²) in [6.07, 6.45) is 2.78. The lowest BCUT2D eigenvalue weighted by Gasteiger charge is -2.25. The molecular weight excluding hydrogens is 541 g/mol. The van der Waals surface area contributed by atoms with Crippen LogP contribution in [0, 0.1) is 0 Å². The van der Waals surface area contributed by atoms with Crippen LogP contribution < -0.4 is 14.8 Å². The molecule has 1 atom stereocenters. The van der Waals surface area contributed by atoms with Crippen LogP contribution in [0.5, 0.6) is 11.5 Å². The fourth-order valence-corrected chi connectivity index (χ4v) is 5.58. The van der Waals surface area contributed by atoms with Gasteiger partial charge in [0.25, 0.3) is 5.91 Å². The van der Waals surface area contributed by atoms with Crippen molar-refractivity contribution in [3.05, 3.63) is 75.7 Å². The Morgan fingerprint density at radius 1 is 1.06 bits per heavy atom. The highest BCUT2D eigenvalue weighted by Gasteiger charge is 2.29. The molecule has 5 rings (SSSR count). The van der Waals surface area contributed by atoms with Crippen LogP contribution in [0.25, 0.3) is 0 Å². The molecule has 32 heavy (non-hydrogen) atoms. The normalized spacial score (nSPS) is 16.7. The monoisotopic (exact) mass is 561 g/mol. The summed E-state index contributed by atoms with van der Waals surface area (Å²) in [6.45, 7) is 0.937. The highest BCUT2D eigenvalue weighted by atomic mass is 127. The van der Waals surface area contributed by atoms with E-state index in [1.165, 1.54) is 22.5 Å². The third-order valence-corrected chi connectivity index (χ3v) is 7.23. The molecule has 0 bridgehead atoms. The lowest BCUT2D eigenvalue weighted by atomic mass is 9.80. The van der Waals surface area contributed by atoms with Crippen molar-refractivity contribution >= 4 is 51.2 Å². The maximum absolute atomic E-state index is 13.0. The maximum Gasteiger partial charge on any atom is 0.350 e. The molecule has 3 aromatic rings. The van der Waals surface area contributed by atoms with Gasteiger partial charge in [0, 0.05) is 5.56 Å². The van der Waals surface area contributed by atoms with E-state index < -0.39 is 5.97 Å². The molecule has 1 aromatic heterocycles. The zero-order valence-corrected chi connectivity index (χ0v) is 20.0. The van der Waals surface area contributed by atoms with Gasteiger partial charge in [-0.05, 0) is 65.4 Å². The highest BCUT2D eigenvalue weighted by Crippen LogP contribution is 2.40. The molecule has 0 saturated carbocycles. The van der Waals surface area contributed by atoms with Gasteiger partial charge in [0.1, 0.15) is 18.2 Å². The summed E-state index contributed by atoms with van der Waals surface area (Å²) in [6, 6.07) is 13.5. The maximum atomic E-state index is 13.0. The highest BCUT2D eigenvalue weighted by molar-refractivity contribution is 14.1. The zero-order valence-electron chi connectivity index (χ0n) is 17.1. The molecule has 1 amide bonds. The van der Waals surface area contributed by atoms with Crippen LogP contribution in [0.3, 0.4) is 0 Å². The number of halogens is 1. The van der Waals surface area contributed by atoms with Gasteiger partial charge in [-0.1, -0.05) is 24.3 Å². The van der Waals surface area contributed by atoms with Crippen molar-refractivity contribution in [1.82, 2.24) is 0 Å². The van der Waals surface area contributed by atoms with Crippen molar-refractivity contribution < 1.29 is 22.1 Å². The number of rotatable bonds is 4. The van der Waals surface area contributed by atoms with Gasteiger partial charge in [-0.25, -0.2) is 4.79 Å². The number of nitrogens with one attached hydrogen (secondary N) is 1. The fourth-order valence-electron chi connectivity index (χ4n) is 4.34. The van der Waals surface area contributed by atoms with Gasteiger partial charge in [-0.3, -0.25) is 4.79 Å². The Bertz CT molecular complexity index is 1190. The summed E-state index contributed by atoms with van der Waals surface area (Å²) in [5, 5.41) is 5.38. The molecule has 0 fully saturated rings. The number of amides is 1. The largest absolute Gasteiger partial charge is 0.486 e. The molecule has 1 aliphatic heterocycles. The molecule has 1 aliphatic carbocycles. The minimum Gasteiger partial charge on any atom is -0.486 e. The Labute approximate surface area is 203 Å². The second kappa shape index (κ2) is 9.11. The van der Waals surface area contributed by atoms with E-state index in [0.717, 1.165) is 24.8 Å². The zero-order chi connectivity index (χ0) is 22.1. The molecule has 0 radical (unpaired) electrons. The summed E-state index contributed by atoms with van der Waals surface area (Å²) in [4.78, 5) is 25.7. The minimum atomic E-state index is -0.446. The topological polar surface area (TPSA) is 73.9 Å². The lowest BCUT2D eigenvalue weighted by Crippen LogP contribution is -2.18. The minimum absolute atomic E-state index is 0.201. The smallest absolute Gasteiger partial charge is 0.350 e. The Kier molecular flexibility index (Phi) is 6.05. The molecule has 2 aliphatic rings. The first-order chi connectivity index (χ1) is 15.6. The second-order valence-electron chi connectivity index (χ2n) is 7.78. The van der Waals surface area contributed by atoms with Gasteiger partial charge in [-0.2, -0.15) is 0 Å². The van der Waals surface area contributed by atoms with E-state index in [2.05, 4.69) is 23.5 Å². The Morgan fingerprint density at radius 2 is 1.84 bits per heavy atom. The molecule has 2 aromatic carbocycles. The second-order valence-corrected chi connectivity index (χ2v) is 9.10. The molecule has 6 nitrogen and oxygen atoms in total. The predicted octanol–water partition coefficient (Wildman–Crippen LogP) is 5.55. The summed E-state index contributed by atoms with van der Waals surface area (Å²) in [5.41, 5.74) is 4.49. The van der Waals surface area contributed by atoms with Gasteiger partial charge in [0.05, 0.1) is 5.56 Å². The van der Waals surface area contributed by atoms with Gasteiger partial charge in [0.2, 0.25) is 0 Å². The molecule has 8 heteroatoms. The third kappa shape index (κ3) is 4.09. The van der Waals surface area contributed by atoms with E-state index in [1.54, 1.807) is 41.2 Å². The molecule has 164 valence electrons. The lowest BCUT2D eigenvalue weighted by molar-refractivity contribution is 0.0800. The Morgan fingerprint density at radius 3 is 2.66 bits per heavy atom. The summed E-state index contributed by atoms with van der Waals surface area (Å²) < 4.78 is 16.1. The summed E-state index contributed by atoms with van der Waals surface area (Å²) >= 11 is 2.95. The molecule has 2 heterocycles. The van der Waals surface area contributed by atoms with Gasteiger partial charge in [-0.15, -0.1) is 11.3 Å². The van der Waals surface area contributed by atoms with Crippen LogP contribution in [0.2, 0.25) is 0 Å².